The molecule has 2 rings (SSSR count). The van der Waals surface area contributed by atoms with E-state index in [9.17, 15) is 18.9 Å². The van der Waals surface area contributed by atoms with Gasteiger partial charge in [-0.1, -0.05) is 0 Å². The quantitative estimate of drug-likeness (QED) is 0.687. The minimum absolute atomic E-state index is 0.256. The molecule has 0 radical (unpaired) electrons. The van der Waals surface area contributed by atoms with E-state index < -0.39 is 33.9 Å². The van der Waals surface area contributed by atoms with Crippen molar-refractivity contribution in [1.82, 2.24) is 4.98 Å². The molecule has 0 spiro atoms. The van der Waals surface area contributed by atoms with Crippen LogP contribution in [0.5, 0.6) is 17.4 Å². The molecule has 2 N–H and O–H groups in total. The van der Waals surface area contributed by atoms with Crippen molar-refractivity contribution in [3.05, 3.63) is 46.0 Å². The fraction of sp³-hybridized carbons (Fsp3) is 0.0833. The van der Waals surface area contributed by atoms with E-state index in [1.165, 1.54) is 19.2 Å². The number of rotatable bonds is 4. The third-order valence-corrected chi connectivity index (χ3v) is 2.49. The summed E-state index contributed by atoms with van der Waals surface area (Å²) in [6.45, 7) is 0. The largest absolute Gasteiger partial charge is 0.497 e. The second kappa shape index (κ2) is 5.57. The first-order valence-electron chi connectivity index (χ1n) is 5.54. The molecule has 110 valence electrons. The van der Waals surface area contributed by atoms with E-state index >= 15 is 0 Å². The van der Waals surface area contributed by atoms with Crippen molar-refractivity contribution in [2.24, 2.45) is 0 Å². The highest BCUT2D eigenvalue weighted by atomic mass is 19.1. The number of nitro benzene ring substituents is 1. The van der Waals surface area contributed by atoms with Gasteiger partial charge in [-0.05, 0) is 6.07 Å². The molecule has 0 aliphatic heterocycles. The molecular formula is C12H9F2N3O4. The lowest BCUT2D eigenvalue weighted by Gasteiger charge is -2.08. The van der Waals surface area contributed by atoms with Crippen LogP contribution in [0.1, 0.15) is 0 Å². The molecule has 0 saturated carbocycles. The van der Waals surface area contributed by atoms with Gasteiger partial charge in [0.05, 0.1) is 12.0 Å². The van der Waals surface area contributed by atoms with Gasteiger partial charge in [0.1, 0.15) is 5.75 Å². The van der Waals surface area contributed by atoms with E-state index in [1.807, 2.05) is 0 Å². The van der Waals surface area contributed by atoms with Crippen LogP contribution in [0.25, 0.3) is 0 Å². The van der Waals surface area contributed by atoms with Crippen molar-refractivity contribution in [3.8, 4) is 17.4 Å². The molecule has 0 saturated heterocycles. The van der Waals surface area contributed by atoms with Crippen LogP contribution in [0, 0.1) is 21.7 Å². The number of hydrogen-bond acceptors (Lipinski definition) is 6. The number of methoxy groups -OCH3 is 1. The van der Waals surface area contributed by atoms with Gasteiger partial charge in [-0.3, -0.25) is 10.1 Å². The normalized spacial score (nSPS) is 10.2. The average Bonchev–Trinajstić information content (AvgIpc) is 2.44. The predicted octanol–water partition coefficient (Wildman–Crippen LogP) is 2.65. The maximum absolute atomic E-state index is 13.5. The maximum atomic E-state index is 13.5. The van der Waals surface area contributed by atoms with Crippen molar-refractivity contribution < 1.29 is 23.2 Å². The van der Waals surface area contributed by atoms with Gasteiger partial charge in [0.15, 0.2) is 17.5 Å². The fourth-order valence-electron chi connectivity index (χ4n) is 1.49. The summed E-state index contributed by atoms with van der Waals surface area (Å²) in [6.07, 6.45) is 0. The lowest BCUT2D eigenvalue weighted by molar-refractivity contribution is -0.385. The van der Waals surface area contributed by atoms with Crippen LogP contribution >= 0.6 is 0 Å². The summed E-state index contributed by atoms with van der Waals surface area (Å²) in [5.74, 6) is -3.51. The number of nitrogens with zero attached hydrogens (tertiary/aromatic N) is 2. The molecule has 0 unspecified atom stereocenters. The number of benzene rings is 1. The molecule has 0 atom stereocenters. The molecule has 0 fully saturated rings. The van der Waals surface area contributed by atoms with E-state index in [-0.39, 0.29) is 11.5 Å². The summed E-state index contributed by atoms with van der Waals surface area (Å²) in [7, 11) is 1.35. The first kappa shape index (κ1) is 14.4. The van der Waals surface area contributed by atoms with Gasteiger partial charge in [0.2, 0.25) is 5.75 Å². The molecule has 7 nitrogen and oxygen atoms in total. The van der Waals surface area contributed by atoms with Crippen LogP contribution in [-0.4, -0.2) is 17.0 Å². The lowest BCUT2D eigenvalue weighted by atomic mass is 10.3. The number of ether oxygens (including phenoxy) is 2. The van der Waals surface area contributed by atoms with Gasteiger partial charge < -0.3 is 15.2 Å². The van der Waals surface area contributed by atoms with Crippen LogP contribution in [0.4, 0.5) is 20.3 Å². The van der Waals surface area contributed by atoms with Crippen LogP contribution in [0.2, 0.25) is 0 Å². The van der Waals surface area contributed by atoms with E-state index in [4.69, 9.17) is 15.2 Å². The molecular weight excluding hydrogens is 288 g/mol. The third kappa shape index (κ3) is 2.96. The van der Waals surface area contributed by atoms with Crippen molar-refractivity contribution >= 4 is 11.5 Å². The third-order valence-electron chi connectivity index (χ3n) is 2.49. The van der Waals surface area contributed by atoms with Crippen molar-refractivity contribution in [3.63, 3.8) is 0 Å². The molecule has 0 aliphatic rings. The highest BCUT2D eigenvalue weighted by Gasteiger charge is 2.20. The van der Waals surface area contributed by atoms with Gasteiger partial charge in [-0.15, -0.1) is 0 Å². The SMILES string of the molecule is COc1ccc([N+](=O)[O-])c(Oc2nc(N)c(F)cc2F)c1. The van der Waals surface area contributed by atoms with Gasteiger partial charge in [0, 0.05) is 18.2 Å². The number of anilines is 1. The zero-order valence-corrected chi connectivity index (χ0v) is 10.7. The Hall–Kier alpha value is -2.97. The van der Waals surface area contributed by atoms with Crippen LogP contribution in [0.3, 0.4) is 0 Å². The monoisotopic (exact) mass is 297 g/mol. The Morgan fingerprint density at radius 1 is 1.29 bits per heavy atom. The predicted molar refractivity (Wildman–Crippen MR) is 68.3 cm³/mol. The highest BCUT2D eigenvalue weighted by Crippen LogP contribution is 2.35. The highest BCUT2D eigenvalue weighted by molar-refractivity contribution is 5.52. The van der Waals surface area contributed by atoms with Crippen LogP contribution in [0.15, 0.2) is 24.3 Å². The molecule has 1 aromatic carbocycles. The van der Waals surface area contributed by atoms with E-state index in [1.54, 1.807) is 0 Å². The summed E-state index contributed by atoms with van der Waals surface area (Å²) in [4.78, 5) is 13.5. The van der Waals surface area contributed by atoms with E-state index in [2.05, 4.69) is 4.98 Å². The van der Waals surface area contributed by atoms with Gasteiger partial charge in [-0.2, -0.15) is 4.98 Å². The summed E-state index contributed by atoms with van der Waals surface area (Å²) in [5.41, 5.74) is 4.78. The number of aromatic nitrogens is 1. The van der Waals surface area contributed by atoms with Crippen molar-refractivity contribution in [2.75, 3.05) is 12.8 Å². The standard InChI is InChI=1S/C12H9F2N3O4/c1-20-6-2-3-9(17(18)19)10(4-6)21-12-8(14)5-7(13)11(15)16-12/h2-5H,1H3,(H2,15,16). The number of nitrogens with two attached hydrogens (primary N) is 1. The van der Waals surface area contributed by atoms with Crippen molar-refractivity contribution in [1.29, 1.82) is 0 Å². The second-order valence-electron chi connectivity index (χ2n) is 3.84. The number of hydrogen-bond donors (Lipinski definition) is 1. The Labute approximate surface area is 117 Å². The minimum atomic E-state index is -1.14. The Balaban J connectivity index is 2.47. The Morgan fingerprint density at radius 2 is 2.00 bits per heavy atom. The smallest absolute Gasteiger partial charge is 0.311 e. The van der Waals surface area contributed by atoms with Gasteiger partial charge in [0.25, 0.3) is 5.88 Å². The summed E-state index contributed by atoms with van der Waals surface area (Å²) >= 11 is 0. The Kier molecular flexibility index (Phi) is 3.83. The number of pyridine rings is 1. The lowest BCUT2D eigenvalue weighted by Crippen LogP contribution is -2.01. The Morgan fingerprint density at radius 3 is 2.62 bits per heavy atom. The fourth-order valence-corrected chi connectivity index (χ4v) is 1.49. The van der Waals surface area contributed by atoms with Gasteiger partial charge >= 0.3 is 5.69 Å². The maximum Gasteiger partial charge on any atom is 0.311 e. The van der Waals surface area contributed by atoms with E-state index in [0.29, 0.717) is 6.07 Å². The molecule has 21 heavy (non-hydrogen) atoms. The molecule has 1 heterocycles. The molecule has 1 aromatic heterocycles. The Bertz CT molecular complexity index is 709. The molecule has 2 aromatic rings. The number of halogens is 2. The van der Waals surface area contributed by atoms with Gasteiger partial charge in [-0.25, -0.2) is 8.78 Å². The topological polar surface area (TPSA) is 101 Å². The first-order valence-corrected chi connectivity index (χ1v) is 5.54. The summed E-state index contributed by atoms with van der Waals surface area (Å²) in [5, 5.41) is 10.9. The molecule has 9 heteroatoms. The summed E-state index contributed by atoms with van der Waals surface area (Å²) in [6, 6.07) is 4.12. The average molecular weight is 297 g/mol. The number of nitro groups is 1. The molecule has 0 amide bonds. The molecule has 0 bridgehead atoms. The van der Waals surface area contributed by atoms with Crippen LogP contribution < -0.4 is 15.2 Å². The van der Waals surface area contributed by atoms with Crippen molar-refractivity contribution in [2.45, 2.75) is 0 Å². The first-order chi connectivity index (χ1) is 9.92. The van der Waals surface area contributed by atoms with Crippen LogP contribution in [-0.2, 0) is 0 Å². The second-order valence-corrected chi connectivity index (χ2v) is 3.84. The number of nitrogen functional groups attached to an aromatic ring is 1. The summed E-state index contributed by atoms with van der Waals surface area (Å²) < 4.78 is 36.5. The zero-order chi connectivity index (χ0) is 15.6. The van der Waals surface area contributed by atoms with E-state index in [0.717, 1.165) is 6.07 Å². The molecule has 0 aliphatic carbocycles. The zero-order valence-electron chi connectivity index (χ0n) is 10.7. The minimum Gasteiger partial charge on any atom is -0.497 e.